The Balaban J connectivity index is 1.98. The number of hydrogen-bond acceptors (Lipinski definition) is 5. The van der Waals surface area contributed by atoms with Crippen molar-refractivity contribution in [1.29, 1.82) is 0 Å². The first-order valence-electron chi connectivity index (χ1n) is 6.21. The van der Waals surface area contributed by atoms with Crippen molar-refractivity contribution in [2.45, 2.75) is 6.92 Å². The van der Waals surface area contributed by atoms with Crippen molar-refractivity contribution in [3.8, 4) is 5.75 Å². The zero-order valence-electron chi connectivity index (χ0n) is 11.4. The number of hydrogen-bond donors (Lipinski definition) is 3. The van der Waals surface area contributed by atoms with Gasteiger partial charge in [0.1, 0.15) is 0 Å². The number of pyridine rings is 1. The number of halogens is 1. The molecule has 0 aliphatic rings. The number of benzene rings is 1. The predicted molar refractivity (Wildman–Crippen MR) is 82.4 cm³/mol. The maximum Gasteiger partial charge on any atom is 0.262 e. The Morgan fingerprint density at radius 2 is 2.19 bits per heavy atom. The quantitative estimate of drug-likeness (QED) is 0.583. The topological polar surface area (TPSA) is 89.3 Å². The van der Waals surface area contributed by atoms with Gasteiger partial charge in [0, 0.05) is 16.9 Å². The monoisotopic (exact) mass is 306 g/mol. The average molecular weight is 307 g/mol. The SMILES string of the molecule is Cc1c(Cl)cccc1NC(=O)COc1cccnc1NN. The highest BCUT2D eigenvalue weighted by molar-refractivity contribution is 6.31. The molecule has 0 unspecified atom stereocenters. The van der Waals surface area contributed by atoms with Crippen molar-refractivity contribution in [2.24, 2.45) is 5.84 Å². The summed E-state index contributed by atoms with van der Waals surface area (Å²) in [7, 11) is 0. The second kappa shape index (κ2) is 6.92. The number of nitrogens with zero attached hydrogens (tertiary/aromatic N) is 1. The Bertz CT molecular complexity index is 649. The van der Waals surface area contributed by atoms with E-state index in [1.165, 1.54) is 0 Å². The summed E-state index contributed by atoms with van der Waals surface area (Å²) in [6.07, 6.45) is 1.57. The van der Waals surface area contributed by atoms with Crippen LogP contribution in [0.3, 0.4) is 0 Å². The lowest BCUT2D eigenvalue weighted by Crippen LogP contribution is -2.21. The van der Waals surface area contributed by atoms with Gasteiger partial charge in [0.25, 0.3) is 5.91 Å². The number of rotatable bonds is 5. The summed E-state index contributed by atoms with van der Waals surface area (Å²) < 4.78 is 5.38. The molecule has 0 saturated carbocycles. The van der Waals surface area contributed by atoms with Crippen LogP contribution in [0.25, 0.3) is 0 Å². The maximum atomic E-state index is 11.9. The largest absolute Gasteiger partial charge is 0.480 e. The van der Waals surface area contributed by atoms with E-state index in [4.69, 9.17) is 22.2 Å². The third-order valence-corrected chi connectivity index (χ3v) is 3.22. The molecule has 1 aromatic carbocycles. The first kappa shape index (κ1) is 15.1. The van der Waals surface area contributed by atoms with Gasteiger partial charge >= 0.3 is 0 Å². The molecule has 0 bridgehead atoms. The molecule has 110 valence electrons. The molecule has 6 nitrogen and oxygen atoms in total. The number of nitrogens with two attached hydrogens (primary N) is 1. The Hall–Kier alpha value is -2.31. The highest BCUT2D eigenvalue weighted by Gasteiger charge is 2.09. The number of hydrazine groups is 1. The number of anilines is 2. The molecule has 21 heavy (non-hydrogen) atoms. The van der Waals surface area contributed by atoms with E-state index >= 15 is 0 Å². The van der Waals surface area contributed by atoms with E-state index in [9.17, 15) is 4.79 Å². The number of ether oxygens (including phenoxy) is 1. The van der Waals surface area contributed by atoms with Gasteiger partial charge in [-0.05, 0) is 36.8 Å². The lowest BCUT2D eigenvalue weighted by Gasteiger charge is -2.11. The second-order valence-corrected chi connectivity index (χ2v) is 4.65. The first-order chi connectivity index (χ1) is 10.1. The Morgan fingerprint density at radius 1 is 1.38 bits per heavy atom. The summed E-state index contributed by atoms with van der Waals surface area (Å²) in [5.74, 6) is 5.78. The van der Waals surface area contributed by atoms with Crippen LogP contribution in [0.5, 0.6) is 5.75 Å². The fourth-order valence-electron chi connectivity index (χ4n) is 1.69. The minimum atomic E-state index is -0.299. The lowest BCUT2D eigenvalue weighted by atomic mass is 10.2. The third-order valence-electron chi connectivity index (χ3n) is 2.81. The molecule has 7 heteroatoms. The molecular formula is C14H15ClN4O2. The summed E-state index contributed by atoms with van der Waals surface area (Å²) in [6.45, 7) is 1.67. The molecule has 1 heterocycles. The van der Waals surface area contributed by atoms with E-state index in [2.05, 4.69) is 15.7 Å². The van der Waals surface area contributed by atoms with Crippen LogP contribution in [0.4, 0.5) is 11.5 Å². The molecular weight excluding hydrogens is 292 g/mol. The average Bonchev–Trinajstić information content (AvgIpc) is 2.50. The van der Waals surface area contributed by atoms with Gasteiger partial charge in [-0.2, -0.15) is 0 Å². The Morgan fingerprint density at radius 3 is 2.95 bits per heavy atom. The van der Waals surface area contributed by atoms with Crippen LogP contribution in [-0.4, -0.2) is 17.5 Å². The highest BCUT2D eigenvalue weighted by atomic mass is 35.5. The zero-order valence-corrected chi connectivity index (χ0v) is 12.1. The van der Waals surface area contributed by atoms with Crippen molar-refractivity contribution < 1.29 is 9.53 Å². The predicted octanol–water partition coefficient (Wildman–Crippen LogP) is 2.35. The number of nitrogens with one attached hydrogen (secondary N) is 2. The summed E-state index contributed by atoms with van der Waals surface area (Å²) in [5, 5.41) is 3.33. The third kappa shape index (κ3) is 3.84. The molecule has 0 aliphatic heterocycles. The molecule has 0 spiro atoms. The lowest BCUT2D eigenvalue weighted by molar-refractivity contribution is -0.118. The molecule has 2 rings (SSSR count). The van der Waals surface area contributed by atoms with Crippen molar-refractivity contribution in [2.75, 3.05) is 17.3 Å². The molecule has 1 amide bonds. The van der Waals surface area contributed by atoms with Crippen LogP contribution in [0.1, 0.15) is 5.56 Å². The van der Waals surface area contributed by atoms with Crippen molar-refractivity contribution in [3.63, 3.8) is 0 Å². The molecule has 0 fully saturated rings. The number of amides is 1. The van der Waals surface area contributed by atoms with E-state index in [1.807, 2.05) is 6.92 Å². The van der Waals surface area contributed by atoms with Gasteiger partial charge in [-0.15, -0.1) is 0 Å². The summed E-state index contributed by atoms with van der Waals surface area (Å²) in [4.78, 5) is 15.9. The Labute approximate surface area is 127 Å². The van der Waals surface area contributed by atoms with Gasteiger partial charge in [-0.1, -0.05) is 17.7 Å². The number of carbonyl (C=O) groups excluding carboxylic acids is 1. The minimum absolute atomic E-state index is 0.160. The zero-order chi connectivity index (χ0) is 15.2. The Kier molecular flexibility index (Phi) is 4.97. The summed E-state index contributed by atoms with van der Waals surface area (Å²) in [5.41, 5.74) is 3.86. The van der Waals surface area contributed by atoms with Crippen LogP contribution in [0.15, 0.2) is 36.5 Å². The van der Waals surface area contributed by atoms with Crippen LogP contribution in [0.2, 0.25) is 5.02 Å². The van der Waals surface area contributed by atoms with E-state index < -0.39 is 0 Å². The van der Waals surface area contributed by atoms with Gasteiger partial charge < -0.3 is 15.5 Å². The van der Waals surface area contributed by atoms with Crippen LogP contribution in [-0.2, 0) is 4.79 Å². The molecule has 0 atom stereocenters. The fourth-order valence-corrected chi connectivity index (χ4v) is 1.86. The van der Waals surface area contributed by atoms with Gasteiger partial charge in [0.2, 0.25) is 0 Å². The first-order valence-corrected chi connectivity index (χ1v) is 6.59. The van der Waals surface area contributed by atoms with E-state index in [-0.39, 0.29) is 12.5 Å². The number of aromatic nitrogens is 1. The van der Waals surface area contributed by atoms with Crippen LogP contribution < -0.4 is 21.3 Å². The van der Waals surface area contributed by atoms with Crippen LogP contribution in [0, 0.1) is 6.92 Å². The van der Waals surface area contributed by atoms with Gasteiger partial charge in [-0.25, -0.2) is 10.8 Å². The maximum absolute atomic E-state index is 11.9. The molecule has 0 radical (unpaired) electrons. The minimum Gasteiger partial charge on any atom is -0.480 e. The van der Waals surface area contributed by atoms with Gasteiger partial charge in [0.15, 0.2) is 18.2 Å². The molecule has 1 aromatic heterocycles. The van der Waals surface area contributed by atoms with Crippen molar-refractivity contribution in [3.05, 3.63) is 47.1 Å². The number of carbonyl (C=O) groups is 1. The van der Waals surface area contributed by atoms with Gasteiger partial charge in [0.05, 0.1) is 0 Å². The summed E-state index contributed by atoms with van der Waals surface area (Å²) in [6, 6.07) is 8.66. The highest BCUT2D eigenvalue weighted by Crippen LogP contribution is 2.23. The second-order valence-electron chi connectivity index (χ2n) is 4.24. The summed E-state index contributed by atoms with van der Waals surface area (Å²) >= 11 is 6.00. The standard InChI is InChI=1S/C14H15ClN4O2/c1-9-10(15)4-2-5-11(9)18-13(20)8-21-12-6-3-7-17-14(12)19-16/h2-7H,8,16H2,1H3,(H,17,19)(H,18,20). The van der Waals surface area contributed by atoms with Crippen molar-refractivity contribution >= 4 is 29.0 Å². The number of nitrogen functional groups attached to an aromatic ring is 1. The molecule has 0 saturated heterocycles. The van der Waals surface area contributed by atoms with Gasteiger partial charge in [-0.3, -0.25) is 4.79 Å². The van der Waals surface area contributed by atoms with E-state index in [0.717, 1.165) is 5.56 Å². The van der Waals surface area contributed by atoms with E-state index in [1.54, 1.807) is 36.5 Å². The fraction of sp³-hybridized carbons (Fsp3) is 0.143. The molecule has 4 N–H and O–H groups in total. The van der Waals surface area contributed by atoms with E-state index in [0.29, 0.717) is 22.3 Å². The normalized spacial score (nSPS) is 10.0. The smallest absolute Gasteiger partial charge is 0.262 e. The van der Waals surface area contributed by atoms with Crippen molar-refractivity contribution in [1.82, 2.24) is 4.98 Å². The molecule has 2 aromatic rings. The molecule has 0 aliphatic carbocycles. The van der Waals surface area contributed by atoms with Crippen LogP contribution >= 0.6 is 11.6 Å².